The third-order valence-electron chi connectivity index (χ3n) is 6.03. The Morgan fingerprint density at radius 1 is 1.12 bits per heavy atom. The highest BCUT2D eigenvalue weighted by Gasteiger charge is 2.29. The summed E-state index contributed by atoms with van der Waals surface area (Å²) >= 11 is 1.53. The number of carbonyl (C=O) groups excluding carboxylic acids is 2. The maximum absolute atomic E-state index is 12.8. The van der Waals surface area contributed by atoms with Crippen molar-refractivity contribution >= 4 is 28.2 Å². The van der Waals surface area contributed by atoms with Gasteiger partial charge in [-0.3, -0.25) is 14.6 Å². The number of amides is 1. The number of nitrogens with one attached hydrogen (secondary N) is 1. The Labute approximate surface area is 193 Å². The maximum Gasteiger partial charge on any atom is 0.341 e. The van der Waals surface area contributed by atoms with E-state index in [2.05, 4.69) is 27.2 Å². The summed E-state index contributed by atoms with van der Waals surface area (Å²) in [4.78, 5) is 31.0. The second-order valence-corrected chi connectivity index (χ2v) is 9.34. The molecular weight excluding hydrogens is 426 g/mol. The summed E-state index contributed by atoms with van der Waals surface area (Å²) in [6, 6.07) is 8.15. The first-order chi connectivity index (χ1) is 15.6. The minimum absolute atomic E-state index is 0.0725. The Morgan fingerprint density at radius 2 is 1.91 bits per heavy atom. The number of fused-ring (bicyclic) bond motifs is 1. The quantitative estimate of drug-likeness (QED) is 0.614. The van der Waals surface area contributed by atoms with Crippen molar-refractivity contribution in [1.29, 1.82) is 0 Å². The Kier molecular flexibility index (Phi) is 7.44. The number of nitrogens with zero attached hydrogens (tertiary/aromatic N) is 2. The molecule has 1 saturated heterocycles. The third kappa shape index (κ3) is 5.31. The lowest BCUT2D eigenvalue weighted by Gasteiger charge is -2.34. The molecule has 8 heteroatoms. The van der Waals surface area contributed by atoms with Gasteiger partial charge in [0.05, 0.1) is 25.8 Å². The Bertz CT molecular complexity index is 966. The van der Waals surface area contributed by atoms with Crippen LogP contribution in [0.2, 0.25) is 0 Å². The fourth-order valence-electron chi connectivity index (χ4n) is 4.42. The molecule has 1 fully saturated rings. The number of esters is 1. The van der Waals surface area contributed by atoms with Crippen LogP contribution >= 0.6 is 11.3 Å². The fourth-order valence-corrected chi connectivity index (χ4v) is 5.71. The van der Waals surface area contributed by atoms with Crippen molar-refractivity contribution in [3.05, 3.63) is 45.8 Å². The molecule has 0 bridgehead atoms. The van der Waals surface area contributed by atoms with Gasteiger partial charge in [0.25, 0.3) is 0 Å². The highest BCUT2D eigenvalue weighted by molar-refractivity contribution is 7.17. The molecule has 32 heavy (non-hydrogen) atoms. The van der Waals surface area contributed by atoms with E-state index < -0.39 is 0 Å². The van der Waals surface area contributed by atoms with Crippen LogP contribution < -0.4 is 10.1 Å². The number of methoxy groups -OCH3 is 1. The predicted molar refractivity (Wildman–Crippen MR) is 126 cm³/mol. The average Bonchev–Trinajstić information content (AvgIpc) is 3.36. The van der Waals surface area contributed by atoms with E-state index in [4.69, 9.17) is 9.47 Å². The SMILES string of the molecule is CCOC(=O)c1c(NC(=O)CN2CCN(Cc3cccc(OC)c3)CC2)sc2c1CCC2. The highest BCUT2D eigenvalue weighted by Crippen LogP contribution is 2.39. The van der Waals surface area contributed by atoms with Crippen molar-refractivity contribution in [2.75, 3.05) is 51.8 Å². The van der Waals surface area contributed by atoms with Crippen LogP contribution in [0.4, 0.5) is 5.00 Å². The van der Waals surface area contributed by atoms with Crippen LogP contribution in [0.1, 0.15) is 39.7 Å². The van der Waals surface area contributed by atoms with Gasteiger partial charge >= 0.3 is 5.97 Å². The second-order valence-electron chi connectivity index (χ2n) is 8.23. The molecule has 2 aromatic rings. The van der Waals surface area contributed by atoms with E-state index in [0.29, 0.717) is 23.7 Å². The van der Waals surface area contributed by atoms with Crippen LogP contribution in [0.3, 0.4) is 0 Å². The smallest absolute Gasteiger partial charge is 0.341 e. The number of thiophene rings is 1. The molecule has 7 nitrogen and oxygen atoms in total. The molecule has 0 spiro atoms. The van der Waals surface area contributed by atoms with Gasteiger partial charge in [0.1, 0.15) is 10.8 Å². The lowest BCUT2D eigenvalue weighted by molar-refractivity contribution is -0.117. The van der Waals surface area contributed by atoms with Gasteiger partial charge in [0, 0.05) is 37.6 Å². The largest absolute Gasteiger partial charge is 0.497 e. The summed E-state index contributed by atoms with van der Waals surface area (Å²) in [6.07, 6.45) is 2.91. The van der Waals surface area contributed by atoms with E-state index in [1.165, 1.54) is 21.8 Å². The molecule has 1 aromatic heterocycles. The van der Waals surface area contributed by atoms with Gasteiger partial charge in [-0.1, -0.05) is 12.1 Å². The summed E-state index contributed by atoms with van der Waals surface area (Å²) < 4.78 is 10.6. The zero-order chi connectivity index (χ0) is 22.5. The second kappa shape index (κ2) is 10.5. The van der Waals surface area contributed by atoms with Crippen LogP contribution in [0.15, 0.2) is 24.3 Å². The van der Waals surface area contributed by atoms with Crippen molar-refractivity contribution < 1.29 is 19.1 Å². The minimum Gasteiger partial charge on any atom is -0.497 e. The number of benzene rings is 1. The number of hydrogen-bond donors (Lipinski definition) is 1. The first kappa shape index (κ1) is 22.8. The molecule has 2 aliphatic rings. The molecule has 172 valence electrons. The van der Waals surface area contributed by atoms with Crippen molar-refractivity contribution in [2.45, 2.75) is 32.7 Å². The van der Waals surface area contributed by atoms with Gasteiger partial charge in [-0.2, -0.15) is 0 Å². The molecule has 1 aliphatic heterocycles. The molecule has 2 heterocycles. The van der Waals surface area contributed by atoms with Crippen LogP contribution in [-0.2, 0) is 28.9 Å². The monoisotopic (exact) mass is 457 g/mol. The van der Waals surface area contributed by atoms with Crippen molar-refractivity contribution in [2.24, 2.45) is 0 Å². The number of hydrogen-bond acceptors (Lipinski definition) is 7. The molecule has 0 unspecified atom stereocenters. The number of rotatable bonds is 8. The van der Waals surface area contributed by atoms with E-state index in [1.807, 2.05) is 12.1 Å². The van der Waals surface area contributed by atoms with Crippen molar-refractivity contribution in [3.8, 4) is 5.75 Å². The van der Waals surface area contributed by atoms with Crippen LogP contribution in [0.25, 0.3) is 0 Å². The summed E-state index contributed by atoms with van der Waals surface area (Å²) in [5.41, 5.74) is 2.86. The van der Waals surface area contributed by atoms with Gasteiger partial charge in [-0.25, -0.2) is 4.79 Å². The first-order valence-corrected chi connectivity index (χ1v) is 12.1. The number of anilines is 1. The van der Waals surface area contributed by atoms with Gasteiger partial charge in [0.2, 0.25) is 5.91 Å². The maximum atomic E-state index is 12.8. The highest BCUT2D eigenvalue weighted by atomic mass is 32.1. The third-order valence-corrected chi connectivity index (χ3v) is 7.23. The van der Waals surface area contributed by atoms with E-state index in [0.717, 1.165) is 63.3 Å². The molecule has 1 amide bonds. The van der Waals surface area contributed by atoms with Gasteiger partial charge in [0.15, 0.2) is 0 Å². The number of carbonyl (C=O) groups is 2. The van der Waals surface area contributed by atoms with Crippen molar-refractivity contribution in [1.82, 2.24) is 9.80 Å². The molecular formula is C24H31N3O4S. The van der Waals surface area contributed by atoms with Gasteiger partial charge in [-0.15, -0.1) is 11.3 Å². The Balaban J connectivity index is 1.30. The molecule has 0 radical (unpaired) electrons. The predicted octanol–water partition coefficient (Wildman–Crippen LogP) is 3.18. The topological polar surface area (TPSA) is 71.1 Å². The van der Waals surface area contributed by atoms with E-state index in [-0.39, 0.29) is 11.9 Å². The fraction of sp³-hybridized carbons (Fsp3) is 0.500. The molecule has 0 saturated carbocycles. The number of aryl methyl sites for hydroxylation is 1. The van der Waals surface area contributed by atoms with E-state index in [1.54, 1.807) is 14.0 Å². The summed E-state index contributed by atoms with van der Waals surface area (Å²) in [7, 11) is 1.68. The zero-order valence-electron chi connectivity index (χ0n) is 18.8. The van der Waals surface area contributed by atoms with Gasteiger partial charge < -0.3 is 14.8 Å². The summed E-state index contributed by atoms with van der Waals surface area (Å²) in [5, 5.41) is 3.65. The Morgan fingerprint density at radius 3 is 2.66 bits per heavy atom. The van der Waals surface area contributed by atoms with Gasteiger partial charge in [-0.05, 0) is 49.4 Å². The summed E-state index contributed by atoms with van der Waals surface area (Å²) in [5.74, 6) is 0.477. The van der Waals surface area contributed by atoms with Crippen LogP contribution in [0, 0.1) is 0 Å². The van der Waals surface area contributed by atoms with E-state index >= 15 is 0 Å². The lowest BCUT2D eigenvalue weighted by Crippen LogP contribution is -2.48. The number of piperazine rings is 1. The normalized spacial score (nSPS) is 16.6. The first-order valence-electron chi connectivity index (χ1n) is 11.3. The molecule has 1 aromatic carbocycles. The standard InChI is InChI=1S/C24H31N3O4S/c1-3-31-24(29)22-19-8-5-9-20(19)32-23(22)25-21(28)16-27-12-10-26(11-13-27)15-17-6-4-7-18(14-17)30-2/h4,6-7,14H,3,5,8-13,15-16H2,1-2H3,(H,25,28). The minimum atomic E-state index is -0.326. The van der Waals surface area contributed by atoms with Crippen molar-refractivity contribution in [3.63, 3.8) is 0 Å². The van der Waals surface area contributed by atoms with E-state index in [9.17, 15) is 9.59 Å². The summed E-state index contributed by atoms with van der Waals surface area (Å²) in [6.45, 7) is 6.83. The lowest BCUT2D eigenvalue weighted by atomic mass is 10.1. The van der Waals surface area contributed by atoms with Crippen LogP contribution in [-0.4, -0.2) is 68.1 Å². The molecule has 4 rings (SSSR count). The van der Waals surface area contributed by atoms with Crippen LogP contribution in [0.5, 0.6) is 5.75 Å². The molecule has 1 N–H and O–H groups in total. The molecule has 1 aliphatic carbocycles. The Hall–Kier alpha value is -2.42. The average molecular weight is 458 g/mol. The zero-order valence-corrected chi connectivity index (χ0v) is 19.6. The number of ether oxygens (including phenoxy) is 2. The molecule has 0 atom stereocenters.